The zero-order chi connectivity index (χ0) is 38.3. The SMILES string of the molecule is CCC1/C=C(c2ccc(-c3ccccc3)c3oc4ccccc4c23)\N=C(\c2ccc(-c3ccc4ccccc4c3)cc2)CC/C(C)=C\1c1ccc2ccccc2c1. The molecule has 10 rings (SSSR count). The maximum Gasteiger partial charge on any atom is 0.143 e. The fraction of sp³-hybridized carbons (Fsp3) is 0.109. The monoisotopic (exact) mass is 733 g/mol. The highest BCUT2D eigenvalue weighted by atomic mass is 16.3. The number of hydrogen-bond acceptors (Lipinski definition) is 2. The van der Waals surface area contributed by atoms with E-state index in [-0.39, 0.29) is 5.92 Å². The van der Waals surface area contributed by atoms with Crippen LogP contribution in [0.15, 0.2) is 197 Å². The molecule has 1 aromatic heterocycles. The Labute approximate surface area is 334 Å². The maximum atomic E-state index is 6.76. The molecule has 2 heteroatoms. The second-order valence-corrected chi connectivity index (χ2v) is 15.3. The van der Waals surface area contributed by atoms with Crippen LogP contribution >= 0.6 is 0 Å². The van der Waals surface area contributed by atoms with Crippen LogP contribution < -0.4 is 0 Å². The fourth-order valence-electron chi connectivity index (χ4n) is 8.88. The molecule has 1 atom stereocenters. The molecule has 0 N–H and O–H groups in total. The minimum absolute atomic E-state index is 0.154. The first-order valence-electron chi connectivity index (χ1n) is 20.2. The molecule has 1 aliphatic rings. The van der Waals surface area contributed by atoms with Crippen molar-refractivity contribution in [2.24, 2.45) is 10.9 Å². The second kappa shape index (κ2) is 14.7. The Kier molecular flexibility index (Phi) is 8.96. The highest BCUT2D eigenvalue weighted by Gasteiger charge is 2.24. The van der Waals surface area contributed by atoms with Gasteiger partial charge < -0.3 is 4.42 Å². The smallest absolute Gasteiger partial charge is 0.143 e. The van der Waals surface area contributed by atoms with Crippen LogP contribution in [-0.4, -0.2) is 5.71 Å². The van der Waals surface area contributed by atoms with Gasteiger partial charge in [-0.1, -0.05) is 170 Å². The van der Waals surface area contributed by atoms with E-state index in [0.29, 0.717) is 0 Å². The van der Waals surface area contributed by atoms with Crippen LogP contribution in [0.4, 0.5) is 0 Å². The first kappa shape index (κ1) is 34.7. The number of aliphatic imine (C=N–C) groups is 1. The molecule has 0 saturated heterocycles. The van der Waals surface area contributed by atoms with E-state index in [9.17, 15) is 0 Å². The molecule has 57 heavy (non-hydrogen) atoms. The van der Waals surface area contributed by atoms with Crippen molar-refractivity contribution in [3.8, 4) is 22.3 Å². The lowest BCUT2D eigenvalue weighted by Crippen LogP contribution is -2.04. The third-order valence-corrected chi connectivity index (χ3v) is 11.9. The molecule has 0 radical (unpaired) electrons. The molecule has 0 saturated carbocycles. The van der Waals surface area contributed by atoms with E-state index in [0.717, 1.165) is 74.9 Å². The second-order valence-electron chi connectivity index (χ2n) is 15.3. The molecular formula is C55H43NO. The molecule has 0 bridgehead atoms. The molecular weight excluding hydrogens is 691 g/mol. The Bertz CT molecular complexity index is 3050. The van der Waals surface area contributed by atoms with Gasteiger partial charge in [0.2, 0.25) is 0 Å². The summed E-state index contributed by atoms with van der Waals surface area (Å²) in [5.74, 6) is 0.154. The third kappa shape index (κ3) is 6.48. The highest BCUT2D eigenvalue weighted by molar-refractivity contribution is 6.15. The Morgan fingerprint density at radius 3 is 1.86 bits per heavy atom. The van der Waals surface area contributed by atoms with Crippen LogP contribution in [0.2, 0.25) is 0 Å². The topological polar surface area (TPSA) is 25.5 Å². The molecule has 0 fully saturated rings. The van der Waals surface area contributed by atoms with Gasteiger partial charge in [-0.15, -0.1) is 0 Å². The number of hydrogen-bond donors (Lipinski definition) is 0. The molecule has 2 heterocycles. The number of nitrogens with zero attached hydrogens (tertiary/aromatic N) is 1. The van der Waals surface area contributed by atoms with E-state index >= 15 is 0 Å². The molecule has 8 aromatic carbocycles. The van der Waals surface area contributed by atoms with Gasteiger partial charge in [-0.05, 0) is 105 Å². The molecule has 0 aliphatic carbocycles. The summed E-state index contributed by atoms with van der Waals surface area (Å²) in [6, 6.07) is 63.5. The molecule has 0 amide bonds. The first-order valence-corrected chi connectivity index (χ1v) is 20.2. The molecule has 9 aromatic rings. The average Bonchev–Trinajstić information content (AvgIpc) is 3.69. The summed E-state index contributed by atoms with van der Waals surface area (Å²) in [5, 5.41) is 7.24. The molecule has 0 spiro atoms. The van der Waals surface area contributed by atoms with Crippen LogP contribution in [0.25, 0.3) is 77.0 Å². The van der Waals surface area contributed by atoms with E-state index in [1.807, 2.05) is 0 Å². The van der Waals surface area contributed by atoms with Crippen molar-refractivity contribution in [1.29, 1.82) is 0 Å². The van der Waals surface area contributed by atoms with Gasteiger partial charge >= 0.3 is 0 Å². The van der Waals surface area contributed by atoms with Gasteiger partial charge in [-0.2, -0.15) is 0 Å². The minimum Gasteiger partial charge on any atom is -0.455 e. The van der Waals surface area contributed by atoms with Gasteiger partial charge in [0.1, 0.15) is 11.2 Å². The Morgan fingerprint density at radius 1 is 0.526 bits per heavy atom. The van der Waals surface area contributed by atoms with Crippen molar-refractivity contribution < 1.29 is 4.42 Å². The van der Waals surface area contributed by atoms with Gasteiger partial charge in [0, 0.05) is 33.5 Å². The molecule has 1 aliphatic heterocycles. The van der Waals surface area contributed by atoms with Crippen LogP contribution in [0.1, 0.15) is 49.8 Å². The van der Waals surface area contributed by atoms with Crippen LogP contribution in [0.3, 0.4) is 0 Å². The van der Waals surface area contributed by atoms with Crippen molar-refractivity contribution in [1.82, 2.24) is 0 Å². The number of furan rings is 1. The summed E-state index contributed by atoms with van der Waals surface area (Å²) in [7, 11) is 0. The zero-order valence-electron chi connectivity index (χ0n) is 32.4. The van der Waals surface area contributed by atoms with E-state index in [2.05, 4.69) is 196 Å². The maximum absolute atomic E-state index is 6.76. The average molecular weight is 734 g/mol. The summed E-state index contributed by atoms with van der Waals surface area (Å²) in [4.78, 5) is 5.74. The highest BCUT2D eigenvalue weighted by Crippen LogP contribution is 2.43. The van der Waals surface area contributed by atoms with E-state index in [4.69, 9.17) is 9.41 Å². The summed E-state index contributed by atoms with van der Waals surface area (Å²) in [6.07, 6.45) is 5.14. The van der Waals surface area contributed by atoms with Crippen LogP contribution in [-0.2, 0) is 0 Å². The zero-order valence-corrected chi connectivity index (χ0v) is 32.4. The molecule has 2 nitrogen and oxygen atoms in total. The quantitative estimate of drug-likeness (QED) is 0.167. The van der Waals surface area contributed by atoms with Crippen molar-refractivity contribution in [2.45, 2.75) is 33.1 Å². The summed E-state index contributed by atoms with van der Waals surface area (Å²) < 4.78 is 6.76. The van der Waals surface area contributed by atoms with Gasteiger partial charge in [-0.3, -0.25) is 4.99 Å². The molecule has 1 unspecified atom stereocenters. The van der Waals surface area contributed by atoms with Crippen molar-refractivity contribution in [2.75, 3.05) is 0 Å². The number of allylic oxidation sites excluding steroid dienone is 3. The van der Waals surface area contributed by atoms with E-state index in [1.54, 1.807) is 0 Å². The largest absolute Gasteiger partial charge is 0.455 e. The van der Waals surface area contributed by atoms with E-state index < -0.39 is 0 Å². The lowest BCUT2D eigenvalue weighted by atomic mass is 9.83. The summed E-state index contributed by atoms with van der Waals surface area (Å²) in [6.45, 7) is 4.64. The lowest BCUT2D eigenvalue weighted by Gasteiger charge is -2.21. The Hall–Kier alpha value is -6.77. The van der Waals surface area contributed by atoms with Crippen molar-refractivity contribution in [3.63, 3.8) is 0 Å². The third-order valence-electron chi connectivity index (χ3n) is 11.9. The Morgan fingerprint density at radius 2 is 1.12 bits per heavy atom. The first-order chi connectivity index (χ1) is 28.1. The lowest BCUT2D eigenvalue weighted by molar-refractivity contribution is 0.670. The predicted octanol–water partition coefficient (Wildman–Crippen LogP) is 15.4. The summed E-state index contributed by atoms with van der Waals surface area (Å²) >= 11 is 0. The fourth-order valence-corrected chi connectivity index (χ4v) is 8.88. The molecule has 274 valence electrons. The number of rotatable bonds is 6. The number of para-hydroxylation sites is 1. The van der Waals surface area contributed by atoms with Crippen LogP contribution in [0.5, 0.6) is 0 Å². The van der Waals surface area contributed by atoms with Gasteiger partial charge in [0.25, 0.3) is 0 Å². The number of fused-ring (bicyclic) bond motifs is 5. The van der Waals surface area contributed by atoms with Crippen molar-refractivity contribution >= 4 is 60.5 Å². The number of benzene rings is 8. The summed E-state index contributed by atoms with van der Waals surface area (Å²) in [5.41, 5.74) is 14.8. The predicted molar refractivity (Wildman–Crippen MR) is 243 cm³/mol. The van der Waals surface area contributed by atoms with Gasteiger partial charge in [-0.25, -0.2) is 0 Å². The van der Waals surface area contributed by atoms with Crippen molar-refractivity contribution in [3.05, 3.63) is 204 Å². The van der Waals surface area contributed by atoms with Gasteiger partial charge in [0.05, 0.1) is 5.70 Å². The van der Waals surface area contributed by atoms with E-state index in [1.165, 1.54) is 49.4 Å². The van der Waals surface area contributed by atoms with Crippen LogP contribution in [0, 0.1) is 5.92 Å². The standard InChI is InChI=1S/C55H43NO/c1-3-37-35-51(48-31-30-47(41-15-5-4-6-16-41)55-54(48)49-19-11-12-20-52(49)57-55)56-50(32-21-36(2)53(37)46-29-25-39-14-8-10-18-44(39)34-46)42-26-22-40(23-27-42)45-28-24-38-13-7-9-17-43(38)33-45/h4-20,22-31,33-35,37H,3,21,32H2,1-2H3/b51-35-,53-36+,56-50+. The normalized spacial score (nSPS) is 18.2. The Balaban J connectivity index is 1.17. The van der Waals surface area contributed by atoms with Gasteiger partial charge in [0.15, 0.2) is 0 Å². The minimum atomic E-state index is 0.154.